The van der Waals surface area contributed by atoms with Crippen LogP contribution in [0.2, 0.25) is 0 Å². The lowest BCUT2D eigenvalue weighted by Gasteiger charge is -2.10. The minimum absolute atomic E-state index is 0.527. The zero-order valence-corrected chi connectivity index (χ0v) is 62.0. The molecule has 4 N–H and O–H groups in total. The van der Waals surface area contributed by atoms with Gasteiger partial charge in [0.2, 0.25) is 0 Å². The van der Waals surface area contributed by atoms with Gasteiger partial charge >= 0.3 is 14.2 Å². The quantitative estimate of drug-likeness (QED) is 0.0947. The van der Waals surface area contributed by atoms with E-state index in [0.717, 1.165) is 42.6 Å². The number of hydrogen-bond acceptors (Lipinski definition) is 4. The first-order valence-corrected chi connectivity index (χ1v) is 37.4. The maximum absolute atomic E-state index is 8.95. The van der Waals surface area contributed by atoms with Gasteiger partial charge in [-0.05, 0) is 243 Å². The van der Waals surface area contributed by atoms with Crippen molar-refractivity contribution in [2.24, 2.45) is 0 Å². The van der Waals surface area contributed by atoms with E-state index in [1.807, 2.05) is 42.5 Å². The molecule has 504 valence electrons. The summed E-state index contributed by atoms with van der Waals surface area (Å²) in [4.78, 5) is 0. The van der Waals surface area contributed by atoms with Crippen molar-refractivity contribution < 1.29 is 20.1 Å². The van der Waals surface area contributed by atoms with Crippen molar-refractivity contribution in [2.45, 2.75) is 12.8 Å². The Kier molecular flexibility index (Phi) is 21.3. The van der Waals surface area contributed by atoms with Gasteiger partial charge < -0.3 is 20.1 Å². The summed E-state index contributed by atoms with van der Waals surface area (Å²) in [7, 11) is -2.76. The van der Waals surface area contributed by atoms with E-state index >= 15 is 0 Å². The van der Waals surface area contributed by atoms with Gasteiger partial charge in [0.25, 0.3) is 0 Å². The van der Waals surface area contributed by atoms with Gasteiger partial charge in [-0.2, -0.15) is 0 Å². The summed E-state index contributed by atoms with van der Waals surface area (Å²) in [5.74, 6) is 0. The Morgan fingerprint density at radius 3 is 0.876 bits per heavy atom. The molecule has 0 aliphatic heterocycles. The zero-order chi connectivity index (χ0) is 71.8. The first-order valence-electron chi connectivity index (χ1n) is 35.1. The normalized spacial score (nSPS) is 11.7. The number of benzene rings is 18. The Bertz CT molecular complexity index is 6220. The van der Waals surface area contributed by atoms with Crippen LogP contribution in [0, 0.1) is 0 Å². The number of halogens is 3. The minimum atomic E-state index is -1.38. The molecule has 0 amide bonds. The summed E-state index contributed by atoms with van der Waals surface area (Å²) < 4.78 is 3.36. The SMILES string of the molecule is Brc1ccc2c(ccc3cc(-c4ccc5ccccc5c4)ccc32)c1.Brc1ccc2c(ccc3cc(Br)ccc32)c1.OB(O)c1ccc(C2=CCCC=C2)cc1.OB(O)c1ccc2ccccc2c1.c1ccc(-c2ccc(-c3ccc4c(ccc5cc(-c6ccc7ccccc7c6)ccc54)c3)cc2)cc1. The van der Waals surface area contributed by atoms with Crippen molar-refractivity contribution in [1.29, 1.82) is 0 Å². The van der Waals surface area contributed by atoms with Crippen LogP contribution in [0.3, 0.4) is 0 Å². The zero-order valence-electron chi connectivity index (χ0n) is 57.2. The van der Waals surface area contributed by atoms with E-state index in [1.54, 1.807) is 24.3 Å². The summed E-state index contributed by atoms with van der Waals surface area (Å²) in [5.41, 5.74) is 13.4. The molecule has 0 spiro atoms. The van der Waals surface area contributed by atoms with Crippen LogP contribution in [0.1, 0.15) is 18.4 Å². The predicted molar refractivity (Wildman–Crippen MR) is 461 cm³/mol. The number of fused-ring (bicyclic) bond motifs is 12. The topological polar surface area (TPSA) is 80.9 Å². The van der Waals surface area contributed by atoms with Gasteiger partial charge in [0, 0.05) is 13.4 Å². The van der Waals surface area contributed by atoms with Crippen LogP contribution in [0.25, 0.3) is 147 Å². The third-order valence-corrected chi connectivity index (χ3v) is 21.0. The second-order valence-corrected chi connectivity index (χ2v) is 29.0. The molecule has 0 aromatic heterocycles. The molecule has 4 nitrogen and oxygen atoms in total. The maximum Gasteiger partial charge on any atom is 0.488 e. The molecule has 0 heterocycles. The van der Waals surface area contributed by atoms with Gasteiger partial charge in [0.1, 0.15) is 0 Å². The smallest absolute Gasteiger partial charge is 0.423 e. The third kappa shape index (κ3) is 16.3. The summed E-state index contributed by atoms with van der Waals surface area (Å²) in [6.07, 6.45) is 8.65. The van der Waals surface area contributed by atoms with Gasteiger partial charge in [-0.3, -0.25) is 0 Å². The summed E-state index contributed by atoms with van der Waals surface area (Å²) in [6, 6.07) is 123. The molecule has 0 atom stereocenters. The number of rotatable bonds is 7. The highest BCUT2D eigenvalue weighted by atomic mass is 79.9. The molecule has 0 fully saturated rings. The lowest BCUT2D eigenvalue weighted by atomic mass is 9.79. The van der Waals surface area contributed by atoms with Gasteiger partial charge in [-0.25, -0.2) is 0 Å². The molecular weight excluding hydrogens is 1480 g/mol. The van der Waals surface area contributed by atoms with Crippen molar-refractivity contribution in [3.63, 3.8) is 0 Å². The van der Waals surface area contributed by atoms with Crippen LogP contribution >= 0.6 is 47.8 Å². The molecule has 19 rings (SSSR count). The fourth-order valence-corrected chi connectivity index (χ4v) is 15.1. The van der Waals surface area contributed by atoms with Crippen LogP contribution in [-0.4, -0.2) is 34.3 Å². The van der Waals surface area contributed by atoms with Crippen LogP contribution in [-0.2, 0) is 0 Å². The second-order valence-electron chi connectivity index (χ2n) is 26.3. The molecule has 1 aliphatic carbocycles. The molecule has 18 aromatic carbocycles. The molecule has 18 aromatic rings. The summed E-state index contributed by atoms with van der Waals surface area (Å²) in [5, 5.41) is 58.4. The van der Waals surface area contributed by atoms with Crippen molar-refractivity contribution in [1.82, 2.24) is 0 Å². The van der Waals surface area contributed by atoms with E-state index in [1.165, 1.54) is 136 Å². The van der Waals surface area contributed by atoms with E-state index in [9.17, 15) is 0 Å². The average molecular weight is 1550 g/mol. The lowest BCUT2D eigenvalue weighted by Crippen LogP contribution is -2.29. The summed E-state index contributed by atoms with van der Waals surface area (Å²) in [6.45, 7) is 0. The fourth-order valence-electron chi connectivity index (χ4n) is 13.9. The highest BCUT2D eigenvalue weighted by Crippen LogP contribution is 2.37. The van der Waals surface area contributed by atoms with Crippen LogP contribution in [0.15, 0.2) is 383 Å². The Hall–Kier alpha value is -10.8. The van der Waals surface area contributed by atoms with E-state index in [-0.39, 0.29) is 0 Å². The van der Waals surface area contributed by atoms with Gasteiger partial charge in [0.15, 0.2) is 0 Å². The van der Waals surface area contributed by atoms with Gasteiger partial charge in [0.05, 0.1) is 0 Å². The minimum Gasteiger partial charge on any atom is -0.423 e. The second kappa shape index (κ2) is 32.1. The fraction of sp³-hybridized carbons (Fsp3) is 0.0208. The maximum atomic E-state index is 8.95. The number of hydrogen-bond donors (Lipinski definition) is 4. The van der Waals surface area contributed by atoms with Crippen molar-refractivity contribution in [3.05, 3.63) is 389 Å². The molecule has 9 heteroatoms. The van der Waals surface area contributed by atoms with Gasteiger partial charge in [-0.15, -0.1) is 0 Å². The van der Waals surface area contributed by atoms with Gasteiger partial charge in [-0.1, -0.05) is 351 Å². The molecule has 105 heavy (non-hydrogen) atoms. The van der Waals surface area contributed by atoms with Crippen molar-refractivity contribution in [3.8, 4) is 44.5 Å². The van der Waals surface area contributed by atoms with E-state index in [2.05, 4.69) is 351 Å². The Balaban J connectivity index is 0.000000112. The first-order chi connectivity index (χ1) is 51.4. The van der Waals surface area contributed by atoms with E-state index in [4.69, 9.17) is 20.1 Å². The van der Waals surface area contributed by atoms with E-state index in [0.29, 0.717) is 10.9 Å². The average Bonchev–Trinajstić information content (AvgIpc) is 0.781. The van der Waals surface area contributed by atoms with E-state index < -0.39 is 14.2 Å². The molecule has 1 aliphatic rings. The Labute approximate surface area is 636 Å². The van der Waals surface area contributed by atoms with Crippen molar-refractivity contribution in [2.75, 3.05) is 0 Å². The standard InChI is InChI=1S/C36H24.C24H15Br.C14H8Br2.C12H13BO2.C10H9BO2/c1-2-6-25(7-3-1)27-10-12-28(13-11-27)30-18-20-35-33(23-30)16-17-34-24-32(19-21-36(34)35)31-15-14-26-8-4-5-9-29(26)22-31;25-22-10-12-24-21(15-22)8-7-20-14-19(9-11-23(20)24)18-6-5-16-3-1-2-4-17(16)13-18;15-11-3-5-13-9(7-11)1-2-10-8-12(16)4-6-14(10)13;14-13(15)12-8-6-11(7-9-12)10-4-2-1-3-5-10;12-11(13)10-6-5-8-3-1-2-4-9(8)7-10/h1-24H;1-15H;1-8H;2,4-9,14-15H,1,3H2;1-7,12-13H. The highest BCUT2D eigenvalue weighted by molar-refractivity contribution is 9.11. The lowest BCUT2D eigenvalue weighted by molar-refractivity contribution is 0.424. The molecule has 0 radical (unpaired) electrons. The molecule has 0 saturated carbocycles. The Morgan fingerprint density at radius 2 is 0.486 bits per heavy atom. The van der Waals surface area contributed by atoms with Crippen molar-refractivity contribution >= 4 is 175 Å². The van der Waals surface area contributed by atoms with Crippen LogP contribution in [0.4, 0.5) is 0 Å². The Morgan fingerprint density at radius 1 is 0.210 bits per heavy atom. The molecular formula is C96H69B2Br3O4. The monoisotopic (exact) mass is 1540 g/mol. The predicted octanol–water partition coefficient (Wildman–Crippen LogP) is 24.9. The highest BCUT2D eigenvalue weighted by Gasteiger charge is 2.14. The first kappa shape index (κ1) is 69.9. The summed E-state index contributed by atoms with van der Waals surface area (Å²) >= 11 is 10.6. The molecule has 0 saturated heterocycles. The largest absolute Gasteiger partial charge is 0.488 e. The third-order valence-electron chi connectivity index (χ3n) is 19.5. The van der Waals surface area contributed by atoms with Crippen LogP contribution in [0.5, 0.6) is 0 Å². The number of allylic oxidation sites excluding steroid dienone is 4. The molecule has 0 bridgehead atoms. The van der Waals surface area contributed by atoms with Crippen LogP contribution < -0.4 is 10.9 Å². The molecule has 0 unspecified atom stereocenters.